The number of benzene rings is 3. The van der Waals surface area contributed by atoms with Crippen LogP contribution in [0.3, 0.4) is 0 Å². The number of hydrogen-bond acceptors (Lipinski definition) is 12. The summed E-state index contributed by atoms with van der Waals surface area (Å²) in [6.07, 6.45) is 7.62. The molecule has 61 heavy (non-hydrogen) atoms. The summed E-state index contributed by atoms with van der Waals surface area (Å²) in [7, 11) is 1.53. The fourth-order valence-corrected chi connectivity index (χ4v) is 7.05. The van der Waals surface area contributed by atoms with Gasteiger partial charge in [0.25, 0.3) is 11.8 Å². The molecule has 6 rings (SSSR count). The topological polar surface area (TPSA) is 217 Å². The monoisotopic (exact) mass is 833 g/mol. The lowest BCUT2D eigenvalue weighted by Gasteiger charge is -2.27. The van der Waals surface area contributed by atoms with Gasteiger partial charge in [-0.05, 0) is 86.2 Å². The molecule has 1 unspecified atom stereocenters. The van der Waals surface area contributed by atoms with Crippen molar-refractivity contribution in [3.63, 3.8) is 0 Å². The molecule has 0 spiro atoms. The van der Waals surface area contributed by atoms with Crippen molar-refractivity contribution in [2.75, 3.05) is 25.6 Å². The number of allylic oxidation sites excluding steroid dienone is 1. The van der Waals surface area contributed by atoms with Crippen LogP contribution in [0, 0.1) is 0 Å². The van der Waals surface area contributed by atoms with E-state index in [4.69, 9.17) is 14.2 Å². The quantitative estimate of drug-likeness (QED) is 0.0488. The third-order valence-electron chi connectivity index (χ3n) is 10.0. The molecule has 3 N–H and O–H groups in total. The van der Waals surface area contributed by atoms with E-state index in [0.29, 0.717) is 73.0 Å². The average Bonchev–Trinajstić information content (AvgIpc) is 3.80. The van der Waals surface area contributed by atoms with Gasteiger partial charge in [-0.25, -0.2) is 0 Å². The Morgan fingerprint density at radius 3 is 2.56 bits per heavy atom. The molecule has 0 aliphatic carbocycles. The van der Waals surface area contributed by atoms with Crippen LogP contribution in [0.4, 0.5) is 5.69 Å². The number of carbonyl (C=O) groups excluding carboxylic acids is 7. The minimum absolute atomic E-state index is 0.0113. The largest absolute Gasteiger partial charge is 0.493 e. The normalized spacial score (nSPS) is 14.8. The highest BCUT2D eigenvalue weighted by Gasteiger charge is 2.45. The van der Waals surface area contributed by atoms with Crippen LogP contribution in [-0.2, 0) is 38.8 Å². The molecule has 318 valence electrons. The number of imide groups is 2. The molecule has 6 amide bonds. The van der Waals surface area contributed by atoms with Gasteiger partial charge in [-0.1, -0.05) is 35.9 Å². The van der Waals surface area contributed by atoms with Crippen molar-refractivity contribution in [2.24, 2.45) is 0 Å². The lowest BCUT2D eigenvalue weighted by Crippen LogP contribution is -2.54. The fraction of sp³-hybridized carbons (Fsp3) is 0.341. The molecule has 3 heterocycles. The molecule has 3 aromatic carbocycles. The Morgan fingerprint density at radius 2 is 1.79 bits per heavy atom. The summed E-state index contributed by atoms with van der Waals surface area (Å²) in [5.74, 6) is -1.68. The highest BCUT2D eigenvalue weighted by molar-refractivity contribution is 6.26. The van der Waals surface area contributed by atoms with Crippen molar-refractivity contribution in [1.29, 1.82) is 0 Å². The molecule has 2 aliphatic heterocycles. The lowest BCUT2D eigenvalue weighted by atomic mass is 9.99. The first kappa shape index (κ1) is 43.4. The summed E-state index contributed by atoms with van der Waals surface area (Å²) in [5, 5.41) is 16.1. The van der Waals surface area contributed by atoms with Crippen molar-refractivity contribution < 1.29 is 47.8 Å². The number of rotatable bonds is 20. The van der Waals surface area contributed by atoms with Crippen LogP contribution >= 0.6 is 0 Å². The van der Waals surface area contributed by atoms with Crippen LogP contribution in [0.2, 0.25) is 0 Å². The second-order valence-electron chi connectivity index (χ2n) is 14.4. The van der Waals surface area contributed by atoms with Gasteiger partial charge in [0.15, 0.2) is 17.3 Å². The standard InChI is InChI=1S/C44H47N7O10/c1-4-60-38-24-33(29(23-37(38)59-3)19-20-45-27(2)52)36(53)17-15-28-10-8-11-31(22-28)61-26-30-25-50(49-48-30)21-7-5-6-14-39(54)46-34-13-9-12-32-41(34)44(58)51(43(32)57)35-16-18-40(55)47-42(35)56/h8-13,15,17,22-25,35H,4-7,14,16,18-21,26H2,1-3H3,(H,45,52)(H,46,54)(H,47,55,56)/b17-15+. The average molecular weight is 834 g/mol. The first-order valence-electron chi connectivity index (χ1n) is 20.0. The first-order chi connectivity index (χ1) is 29.4. The molecule has 0 radical (unpaired) electrons. The lowest BCUT2D eigenvalue weighted by molar-refractivity contribution is -0.136. The van der Waals surface area contributed by atoms with Crippen molar-refractivity contribution >= 4 is 53.0 Å². The number of piperidine rings is 1. The van der Waals surface area contributed by atoms with E-state index >= 15 is 0 Å². The Kier molecular flexibility index (Phi) is 14.4. The summed E-state index contributed by atoms with van der Waals surface area (Å²) in [6.45, 7) is 4.77. The van der Waals surface area contributed by atoms with Crippen molar-refractivity contribution in [1.82, 2.24) is 30.5 Å². The van der Waals surface area contributed by atoms with Crippen LogP contribution in [-0.4, -0.2) is 87.4 Å². The molecule has 0 saturated carbocycles. The van der Waals surface area contributed by atoms with Crippen LogP contribution in [0.1, 0.15) is 100 Å². The molecule has 2 aliphatic rings. The maximum Gasteiger partial charge on any atom is 0.264 e. The zero-order chi connectivity index (χ0) is 43.5. The Hall–Kier alpha value is -7.17. The van der Waals surface area contributed by atoms with Gasteiger partial charge >= 0.3 is 0 Å². The maximum absolute atomic E-state index is 13.4. The molecule has 17 heteroatoms. The SMILES string of the molecule is CCOc1cc(C(=O)/C=C/c2cccc(OCc3cn(CCCCCC(=O)Nc4cccc5c4C(=O)N(C4CCC(=O)NC4=O)C5=O)nn3)c2)c(CCNC(C)=O)cc1OC. The van der Waals surface area contributed by atoms with Crippen LogP contribution < -0.4 is 30.2 Å². The van der Waals surface area contributed by atoms with E-state index in [1.165, 1.54) is 32.2 Å². The second kappa shape index (κ2) is 20.2. The Morgan fingerprint density at radius 1 is 0.967 bits per heavy atom. The van der Waals surface area contributed by atoms with E-state index in [0.717, 1.165) is 16.9 Å². The minimum atomic E-state index is -1.10. The number of amides is 6. The molecule has 1 atom stereocenters. The number of fused-ring (bicyclic) bond motifs is 1. The fourth-order valence-electron chi connectivity index (χ4n) is 7.05. The molecule has 1 aromatic heterocycles. The number of aryl methyl sites for hydroxylation is 1. The number of unbranched alkanes of at least 4 members (excludes halogenated alkanes) is 2. The Balaban J connectivity index is 0.951. The molecule has 17 nitrogen and oxygen atoms in total. The van der Waals surface area contributed by atoms with Gasteiger partial charge in [0, 0.05) is 38.4 Å². The van der Waals surface area contributed by atoms with E-state index < -0.39 is 29.7 Å². The van der Waals surface area contributed by atoms with Crippen LogP contribution in [0.15, 0.2) is 66.9 Å². The van der Waals surface area contributed by atoms with Gasteiger partial charge in [0.1, 0.15) is 24.1 Å². The Labute approximate surface area is 351 Å². The zero-order valence-electron chi connectivity index (χ0n) is 34.2. The first-order valence-corrected chi connectivity index (χ1v) is 20.0. The number of nitrogens with zero attached hydrogens (tertiary/aromatic N) is 4. The van der Waals surface area contributed by atoms with Gasteiger partial charge < -0.3 is 24.8 Å². The molecular weight excluding hydrogens is 787 g/mol. The molecule has 4 aromatic rings. The van der Waals surface area contributed by atoms with Gasteiger partial charge in [-0.3, -0.25) is 48.5 Å². The van der Waals surface area contributed by atoms with Crippen molar-refractivity contribution in [2.45, 2.75) is 78.0 Å². The molecular formula is C44H47N7O10. The molecule has 1 fully saturated rings. The molecule has 1 saturated heterocycles. The number of methoxy groups -OCH3 is 1. The predicted octanol–water partition coefficient (Wildman–Crippen LogP) is 4.44. The number of hydrogen-bond donors (Lipinski definition) is 3. The van der Waals surface area contributed by atoms with Gasteiger partial charge in [-0.2, -0.15) is 0 Å². The van der Waals surface area contributed by atoms with Crippen molar-refractivity contribution in [3.05, 3.63) is 100 Å². The Bertz CT molecular complexity index is 2370. The van der Waals surface area contributed by atoms with E-state index in [2.05, 4.69) is 26.3 Å². The number of aromatic nitrogens is 3. The van der Waals surface area contributed by atoms with E-state index in [1.54, 1.807) is 47.3 Å². The summed E-state index contributed by atoms with van der Waals surface area (Å²) in [4.78, 5) is 89.0. The summed E-state index contributed by atoms with van der Waals surface area (Å²) >= 11 is 0. The summed E-state index contributed by atoms with van der Waals surface area (Å²) in [6, 6.07) is 14.2. The van der Waals surface area contributed by atoms with E-state index in [9.17, 15) is 33.6 Å². The third kappa shape index (κ3) is 10.9. The summed E-state index contributed by atoms with van der Waals surface area (Å²) < 4.78 is 18.9. The third-order valence-corrected chi connectivity index (χ3v) is 10.0. The molecule has 0 bridgehead atoms. The minimum Gasteiger partial charge on any atom is -0.493 e. The number of carbonyl (C=O) groups is 7. The number of ether oxygens (including phenoxy) is 3. The highest BCUT2D eigenvalue weighted by Crippen LogP contribution is 2.34. The number of ketones is 1. The smallest absolute Gasteiger partial charge is 0.264 e. The number of anilines is 1. The van der Waals surface area contributed by atoms with Gasteiger partial charge in [0.2, 0.25) is 23.6 Å². The highest BCUT2D eigenvalue weighted by atomic mass is 16.5. The second-order valence-corrected chi connectivity index (χ2v) is 14.4. The van der Waals surface area contributed by atoms with Gasteiger partial charge in [-0.15, -0.1) is 5.10 Å². The van der Waals surface area contributed by atoms with E-state index in [-0.39, 0.29) is 60.3 Å². The maximum atomic E-state index is 13.4. The predicted molar refractivity (Wildman–Crippen MR) is 221 cm³/mol. The van der Waals surface area contributed by atoms with Crippen molar-refractivity contribution in [3.8, 4) is 17.2 Å². The summed E-state index contributed by atoms with van der Waals surface area (Å²) in [5.41, 5.74) is 2.83. The van der Waals surface area contributed by atoms with Crippen LogP contribution in [0.25, 0.3) is 6.08 Å². The van der Waals surface area contributed by atoms with Gasteiger partial charge in [0.05, 0.1) is 36.7 Å². The van der Waals surface area contributed by atoms with Crippen LogP contribution in [0.5, 0.6) is 17.2 Å². The van der Waals surface area contributed by atoms with E-state index in [1.807, 2.05) is 19.1 Å². The number of nitrogens with one attached hydrogen (secondary N) is 3. The zero-order valence-corrected chi connectivity index (χ0v) is 34.2.